The van der Waals surface area contributed by atoms with Crippen molar-refractivity contribution in [3.63, 3.8) is 0 Å². The molecule has 36 heavy (non-hydrogen) atoms. The van der Waals surface area contributed by atoms with Gasteiger partial charge in [0.05, 0.1) is 24.4 Å². The van der Waals surface area contributed by atoms with E-state index in [1.807, 2.05) is 20.8 Å². The van der Waals surface area contributed by atoms with Gasteiger partial charge in [0.15, 0.2) is 18.1 Å². The lowest BCUT2D eigenvalue weighted by molar-refractivity contribution is -0.143. The third-order valence-corrected chi connectivity index (χ3v) is 5.56. The van der Waals surface area contributed by atoms with Crippen LogP contribution in [0.15, 0.2) is 46.0 Å². The van der Waals surface area contributed by atoms with Gasteiger partial charge in [0, 0.05) is 10.6 Å². The second-order valence-electron chi connectivity index (χ2n) is 8.02. The molecule has 0 radical (unpaired) electrons. The molecule has 0 aliphatic heterocycles. The minimum atomic E-state index is -0.787. The van der Waals surface area contributed by atoms with Crippen molar-refractivity contribution in [3.05, 3.63) is 57.0 Å². The van der Waals surface area contributed by atoms with Crippen LogP contribution in [0, 0.1) is 5.92 Å². The summed E-state index contributed by atoms with van der Waals surface area (Å²) in [4.78, 5) is 36.8. The third-order valence-electron chi connectivity index (χ3n) is 4.72. The predicted octanol–water partition coefficient (Wildman–Crippen LogP) is 4.35. The quantitative estimate of drug-likeness (QED) is 0.218. The maximum absolute atomic E-state index is 12.8. The molecule has 2 rings (SSSR count). The Kier molecular flexibility index (Phi) is 11.7. The molecule has 0 spiro atoms. The van der Waals surface area contributed by atoms with Crippen LogP contribution < -0.4 is 20.2 Å². The highest BCUT2D eigenvalue weighted by Crippen LogP contribution is 2.36. The van der Waals surface area contributed by atoms with Gasteiger partial charge in [-0.25, -0.2) is 10.2 Å². The Balaban J connectivity index is 2.12. The first-order valence-corrected chi connectivity index (χ1v) is 12.4. The van der Waals surface area contributed by atoms with E-state index in [0.717, 1.165) is 0 Å². The van der Waals surface area contributed by atoms with Crippen LogP contribution in [0.25, 0.3) is 0 Å². The average Bonchev–Trinajstić information content (AvgIpc) is 2.83. The number of nitrogens with one attached hydrogen (secondary N) is 2. The number of halogens is 2. The molecular weight excluding hydrogens is 554 g/mol. The molecule has 1 unspecified atom stereocenters. The van der Waals surface area contributed by atoms with E-state index in [4.69, 9.17) is 21.1 Å². The molecule has 0 aromatic heterocycles. The molecular formula is C25H29BrClN3O6. The number of benzene rings is 2. The molecule has 0 saturated carbocycles. The van der Waals surface area contributed by atoms with Crippen molar-refractivity contribution in [1.82, 2.24) is 10.7 Å². The normalized spacial score (nSPS) is 11.8. The topological polar surface area (TPSA) is 115 Å². The van der Waals surface area contributed by atoms with Crippen LogP contribution in [0.1, 0.15) is 43.1 Å². The number of hydrogen-bond acceptors (Lipinski definition) is 7. The molecule has 0 aliphatic carbocycles. The molecule has 0 aliphatic rings. The summed E-state index contributed by atoms with van der Waals surface area (Å²) in [5.74, 6) is -0.496. The first kappa shape index (κ1) is 29.1. The van der Waals surface area contributed by atoms with Crippen molar-refractivity contribution in [1.29, 1.82) is 0 Å². The van der Waals surface area contributed by atoms with Crippen LogP contribution >= 0.6 is 27.5 Å². The number of esters is 1. The summed E-state index contributed by atoms with van der Waals surface area (Å²) in [7, 11) is 1.27. The van der Waals surface area contributed by atoms with Crippen LogP contribution in [0.5, 0.6) is 11.5 Å². The fraction of sp³-hybridized carbons (Fsp3) is 0.360. The Morgan fingerprint density at radius 3 is 2.44 bits per heavy atom. The van der Waals surface area contributed by atoms with Crippen molar-refractivity contribution < 1.29 is 28.6 Å². The lowest BCUT2D eigenvalue weighted by Crippen LogP contribution is -2.46. The molecule has 2 aromatic rings. The van der Waals surface area contributed by atoms with Crippen molar-refractivity contribution in [2.75, 3.05) is 20.3 Å². The van der Waals surface area contributed by atoms with Gasteiger partial charge in [-0.15, -0.1) is 0 Å². The van der Waals surface area contributed by atoms with Gasteiger partial charge in [0.1, 0.15) is 6.04 Å². The molecule has 0 bridgehead atoms. The number of methoxy groups -OCH3 is 1. The Morgan fingerprint density at radius 2 is 1.83 bits per heavy atom. The number of nitrogens with zero attached hydrogens (tertiary/aromatic N) is 1. The first-order chi connectivity index (χ1) is 17.1. The molecule has 1 atom stereocenters. The SMILES string of the molecule is CCOc1cc(/C=N/NC(=O)C(CC(C)C)NC(=O)c2ccc(Cl)cc2)cc(Br)c1OCC(=O)OC. The van der Waals surface area contributed by atoms with Crippen LogP contribution in [0.4, 0.5) is 0 Å². The van der Waals surface area contributed by atoms with Gasteiger partial charge in [0.25, 0.3) is 11.8 Å². The van der Waals surface area contributed by atoms with Gasteiger partial charge in [-0.2, -0.15) is 5.10 Å². The summed E-state index contributed by atoms with van der Waals surface area (Å²) in [6.07, 6.45) is 1.86. The Morgan fingerprint density at radius 1 is 1.14 bits per heavy atom. The number of amides is 2. The van der Waals surface area contributed by atoms with E-state index < -0.39 is 17.9 Å². The van der Waals surface area contributed by atoms with Gasteiger partial charge in [-0.3, -0.25) is 9.59 Å². The summed E-state index contributed by atoms with van der Waals surface area (Å²) < 4.78 is 16.2. The summed E-state index contributed by atoms with van der Waals surface area (Å²) in [6.45, 7) is 5.80. The first-order valence-electron chi connectivity index (χ1n) is 11.2. The monoisotopic (exact) mass is 581 g/mol. The highest BCUT2D eigenvalue weighted by molar-refractivity contribution is 9.10. The zero-order valence-electron chi connectivity index (χ0n) is 20.5. The lowest BCUT2D eigenvalue weighted by Gasteiger charge is -2.19. The molecule has 2 amide bonds. The average molecular weight is 583 g/mol. The maximum Gasteiger partial charge on any atom is 0.343 e. The Bertz CT molecular complexity index is 1090. The van der Waals surface area contributed by atoms with E-state index in [1.165, 1.54) is 13.3 Å². The van der Waals surface area contributed by atoms with Crippen molar-refractivity contribution >= 4 is 51.5 Å². The molecule has 2 N–H and O–H groups in total. The van der Waals surface area contributed by atoms with Crippen LogP contribution in [0.2, 0.25) is 5.02 Å². The number of hydrogen-bond donors (Lipinski definition) is 2. The molecule has 9 nitrogen and oxygen atoms in total. The molecule has 11 heteroatoms. The fourth-order valence-electron chi connectivity index (χ4n) is 3.05. The van der Waals surface area contributed by atoms with Gasteiger partial charge in [-0.05, 0) is 77.2 Å². The molecule has 0 saturated heterocycles. The fourth-order valence-corrected chi connectivity index (χ4v) is 3.75. The van der Waals surface area contributed by atoms with Gasteiger partial charge in [0.2, 0.25) is 0 Å². The van der Waals surface area contributed by atoms with E-state index in [9.17, 15) is 14.4 Å². The molecule has 0 heterocycles. The van der Waals surface area contributed by atoms with Crippen molar-refractivity contribution in [3.8, 4) is 11.5 Å². The van der Waals surface area contributed by atoms with Gasteiger partial charge in [-0.1, -0.05) is 25.4 Å². The minimum Gasteiger partial charge on any atom is -0.490 e. The van der Waals surface area contributed by atoms with E-state index >= 15 is 0 Å². The van der Waals surface area contributed by atoms with E-state index in [2.05, 4.69) is 36.5 Å². The van der Waals surface area contributed by atoms with Gasteiger partial charge >= 0.3 is 5.97 Å². The third kappa shape index (κ3) is 9.16. The lowest BCUT2D eigenvalue weighted by atomic mass is 10.0. The Labute approximate surface area is 223 Å². The summed E-state index contributed by atoms with van der Waals surface area (Å²) in [6, 6.07) is 8.96. The molecule has 194 valence electrons. The number of ether oxygens (including phenoxy) is 3. The van der Waals surface area contributed by atoms with E-state index in [1.54, 1.807) is 36.4 Å². The van der Waals surface area contributed by atoms with Crippen LogP contribution in [-0.4, -0.2) is 50.4 Å². The Hall–Kier alpha value is -3.11. The minimum absolute atomic E-state index is 0.150. The second-order valence-corrected chi connectivity index (χ2v) is 9.32. The van der Waals surface area contributed by atoms with E-state index in [-0.39, 0.29) is 18.4 Å². The zero-order chi connectivity index (χ0) is 26.7. The predicted molar refractivity (Wildman–Crippen MR) is 141 cm³/mol. The number of carbonyl (C=O) groups excluding carboxylic acids is 3. The summed E-state index contributed by atoms with van der Waals surface area (Å²) >= 11 is 9.28. The van der Waals surface area contributed by atoms with Crippen molar-refractivity contribution in [2.24, 2.45) is 11.0 Å². The van der Waals surface area contributed by atoms with Crippen LogP contribution in [0.3, 0.4) is 0 Å². The summed E-state index contributed by atoms with van der Waals surface area (Å²) in [5, 5.41) is 7.30. The maximum atomic E-state index is 12.8. The smallest absolute Gasteiger partial charge is 0.343 e. The zero-order valence-corrected chi connectivity index (χ0v) is 22.8. The molecule has 0 fully saturated rings. The number of rotatable bonds is 12. The largest absolute Gasteiger partial charge is 0.490 e. The number of carbonyl (C=O) groups is 3. The standard InChI is InChI=1S/C25H29BrClN3O6/c1-5-35-21-12-16(11-19(26)23(21)36-14-22(31)34-4)13-28-30-25(33)20(10-15(2)3)29-24(32)17-6-8-18(27)9-7-17/h6-9,11-13,15,20H,5,10,14H2,1-4H3,(H,29,32)(H,30,33)/b28-13+. The van der Waals surface area contributed by atoms with Crippen molar-refractivity contribution in [2.45, 2.75) is 33.2 Å². The molecule has 2 aromatic carbocycles. The highest BCUT2D eigenvalue weighted by Gasteiger charge is 2.22. The highest BCUT2D eigenvalue weighted by atomic mass is 79.9. The summed E-state index contributed by atoms with van der Waals surface area (Å²) in [5.41, 5.74) is 3.48. The van der Waals surface area contributed by atoms with E-state index in [0.29, 0.717) is 45.1 Å². The number of hydrazone groups is 1. The van der Waals surface area contributed by atoms with Crippen LogP contribution in [-0.2, 0) is 14.3 Å². The van der Waals surface area contributed by atoms with Gasteiger partial charge < -0.3 is 19.5 Å². The second kappa shape index (κ2) is 14.4.